The Hall–Kier alpha value is -0.620. The molecule has 0 bridgehead atoms. The van der Waals surface area contributed by atoms with Crippen molar-refractivity contribution >= 4 is 11.8 Å². The van der Waals surface area contributed by atoms with Gasteiger partial charge in [0.25, 0.3) is 0 Å². The molecule has 0 N–H and O–H groups in total. The molecule has 2 aliphatic rings. The third-order valence-corrected chi connectivity index (χ3v) is 4.09. The smallest absolute Gasteiger partial charge is 0.209 e. The molecule has 1 aromatic rings. The van der Waals surface area contributed by atoms with Crippen LogP contribution in [0.25, 0.3) is 0 Å². The van der Waals surface area contributed by atoms with Gasteiger partial charge in [0.2, 0.25) is 5.16 Å². The van der Waals surface area contributed by atoms with E-state index in [4.69, 9.17) is 4.74 Å². The molecule has 88 valence electrons. The maximum Gasteiger partial charge on any atom is 0.209 e. The predicted octanol–water partition coefficient (Wildman–Crippen LogP) is 1.67. The summed E-state index contributed by atoms with van der Waals surface area (Å²) in [5.41, 5.74) is 0. The number of hydrogen-bond donors (Lipinski definition) is 0. The van der Waals surface area contributed by atoms with Crippen LogP contribution in [0.3, 0.4) is 0 Å². The van der Waals surface area contributed by atoms with E-state index in [9.17, 15) is 0 Å². The number of ether oxygens (including phenoxy) is 1. The van der Waals surface area contributed by atoms with Crippen LogP contribution in [-0.2, 0) is 4.74 Å². The van der Waals surface area contributed by atoms with Crippen LogP contribution in [0.15, 0.2) is 5.16 Å². The van der Waals surface area contributed by atoms with Crippen molar-refractivity contribution in [3.63, 3.8) is 0 Å². The fraction of sp³-hybridized carbons (Fsp3) is 0.900. The van der Waals surface area contributed by atoms with Gasteiger partial charge in [-0.15, -0.1) is 5.10 Å². The number of nitrogens with zero attached hydrogens (tertiary/aromatic N) is 4. The van der Waals surface area contributed by atoms with Gasteiger partial charge < -0.3 is 4.74 Å². The number of rotatable bonds is 4. The lowest BCUT2D eigenvalue weighted by molar-refractivity contribution is 0.0315. The van der Waals surface area contributed by atoms with Crippen LogP contribution < -0.4 is 0 Å². The Morgan fingerprint density at radius 2 is 2.25 bits per heavy atom. The topological polar surface area (TPSA) is 52.8 Å². The zero-order valence-electron chi connectivity index (χ0n) is 9.21. The molecular formula is C10H16N4OS. The molecule has 1 aliphatic heterocycles. The van der Waals surface area contributed by atoms with E-state index in [-0.39, 0.29) is 0 Å². The van der Waals surface area contributed by atoms with Crippen LogP contribution in [0.5, 0.6) is 0 Å². The molecule has 1 aliphatic carbocycles. The second kappa shape index (κ2) is 4.71. The number of aromatic nitrogens is 4. The van der Waals surface area contributed by atoms with E-state index in [2.05, 4.69) is 15.5 Å². The first-order chi connectivity index (χ1) is 7.93. The Morgan fingerprint density at radius 1 is 1.31 bits per heavy atom. The number of thioether (sulfide) groups is 1. The van der Waals surface area contributed by atoms with Crippen molar-refractivity contribution in [2.45, 2.75) is 49.4 Å². The van der Waals surface area contributed by atoms with Gasteiger partial charge in [-0.25, -0.2) is 4.68 Å². The first-order valence-corrected chi connectivity index (χ1v) is 6.94. The fourth-order valence-electron chi connectivity index (χ4n) is 1.94. The molecule has 5 nitrogen and oxygen atoms in total. The third-order valence-electron chi connectivity index (χ3n) is 3.03. The summed E-state index contributed by atoms with van der Waals surface area (Å²) < 4.78 is 7.66. The van der Waals surface area contributed by atoms with Crippen molar-refractivity contribution in [1.29, 1.82) is 0 Å². The highest BCUT2D eigenvalue weighted by molar-refractivity contribution is 7.99. The zero-order chi connectivity index (χ0) is 10.8. The monoisotopic (exact) mass is 240 g/mol. The van der Waals surface area contributed by atoms with E-state index < -0.39 is 0 Å². The molecule has 1 atom stereocenters. The largest absolute Gasteiger partial charge is 0.377 e. The molecular weight excluding hydrogens is 224 g/mol. The number of tetrazole rings is 1. The van der Waals surface area contributed by atoms with Crippen molar-refractivity contribution < 1.29 is 4.74 Å². The molecule has 2 fully saturated rings. The van der Waals surface area contributed by atoms with Crippen molar-refractivity contribution in [2.24, 2.45) is 0 Å². The van der Waals surface area contributed by atoms with Gasteiger partial charge >= 0.3 is 0 Å². The molecule has 16 heavy (non-hydrogen) atoms. The summed E-state index contributed by atoms with van der Waals surface area (Å²) in [6.45, 7) is 0.915. The molecule has 1 aromatic heterocycles. The Kier molecular flexibility index (Phi) is 3.10. The van der Waals surface area contributed by atoms with Gasteiger partial charge in [-0.3, -0.25) is 0 Å². The van der Waals surface area contributed by atoms with E-state index >= 15 is 0 Å². The quantitative estimate of drug-likeness (QED) is 0.749. The first-order valence-electron chi connectivity index (χ1n) is 5.96. The summed E-state index contributed by atoms with van der Waals surface area (Å²) in [5.74, 6) is 0.979. The molecule has 0 spiro atoms. The van der Waals surface area contributed by atoms with Gasteiger partial charge in [-0.1, -0.05) is 11.8 Å². The molecule has 0 aromatic carbocycles. The van der Waals surface area contributed by atoms with E-state index in [0.717, 1.165) is 17.5 Å². The molecule has 3 rings (SSSR count). The maximum absolute atomic E-state index is 5.69. The highest BCUT2D eigenvalue weighted by atomic mass is 32.2. The standard InChI is InChI=1S/C10H16N4OS/c1-2-6-15-9(3-1)7-16-10-11-12-13-14(10)8-4-5-8/h8-9H,1-7H2. The Bertz CT molecular complexity index is 346. The van der Waals surface area contributed by atoms with Gasteiger partial charge in [-0.2, -0.15) is 0 Å². The van der Waals surface area contributed by atoms with Gasteiger partial charge in [-0.05, 0) is 42.5 Å². The van der Waals surface area contributed by atoms with Gasteiger partial charge in [0.05, 0.1) is 12.1 Å². The van der Waals surface area contributed by atoms with Crippen LogP contribution in [0.2, 0.25) is 0 Å². The SMILES string of the molecule is C1CCC(CSc2nnnn2C2CC2)OC1. The Morgan fingerprint density at radius 3 is 3.00 bits per heavy atom. The van der Waals surface area contributed by atoms with Gasteiger partial charge in [0.1, 0.15) is 0 Å². The summed E-state index contributed by atoms with van der Waals surface area (Å²) in [6, 6.07) is 0.560. The highest BCUT2D eigenvalue weighted by Gasteiger charge is 2.28. The Balaban J connectivity index is 1.54. The van der Waals surface area contributed by atoms with E-state index in [1.165, 1.54) is 32.1 Å². The van der Waals surface area contributed by atoms with Crippen LogP contribution >= 0.6 is 11.8 Å². The molecule has 2 heterocycles. The summed E-state index contributed by atoms with van der Waals surface area (Å²) in [5, 5.41) is 12.8. The molecule has 1 saturated carbocycles. The second-order valence-corrected chi connectivity index (χ2v) is 5.42. The van der Waals surface area contributed by atoms with Gasteiger partial charge in [0.15, 0.2) is 0 Å². The fourth-order valence-corrected chi connectivity index (χ4v) is 2.95. The molecule has 1 saturated heterocycles. The first kappa shape index (κ1) is 10.5. The van der Waals surface area contributed by atoms with E-state index in [1.807, 2.05) is 4.68 Å². The Labute approximate surface area is 98.9 Å². The maximum atomic E-state index is 5.69. The minimum Gasteiger partial charge on any atom is -0.377 e. The van der Waals surface area contributed by atoms with Crippen molar-refractivity contribution in [1.82, 2.24) is 20.2 Å². The minimum atomic E-state index is 0.392. The molecule has 0 radical (unpaired) electrons. The molecule has 0 amide bonds. The third kappa shape index (κ3) is 2.38. The lowest BCUT2D eigenvalue weighted by Gasteiger charge is -2.21. The van der Waals surface area contributed by atoms with Crippen LogP contribution in [0, 0.1) is 0 Å². The van der Waals surface area contributed by atoms with E-state index in [0.29, 0.717) is 12.1 Å². The average molecular weight is 240 g/mol. The van der Waals surface area contributed by atoms with Crippen molar-refractivity contribution in [3.8, 4) is 0 Å². The van der Waals surface area contributed by atoms with Crippen LogP contribution in [0.1, 0.15) is 38.1 Å². The molecule has 6 heteroatoms. The van der Waals surface area contributed by atoms with Gasteiger partial charge in [0, 0.05) is 12.4 Å². The molecule has 1 unspecified atom stereocenters. The summed E-state index contributed by atoms with van der Waals surface area (Å²) >= 11 is 1.73. The predicted molar refractivity (Wildman–Crippen MR) is 60.4 cm³/mol. The summed E-state index contributed by atoms with van der Waals surface area (Å²) in [4.78, 5) is 0. The second-order valence-electron chi connectivity index (χ2n) is 4.44. The summed E-state index contributed by atoms with van der Waals surface area (Å²) in [6.07, 6.45) is 6.51. The van der Waals surface area contributed by atoms with Crippen LogP contribution in [-0.4, -0.2) is 38.7 Å². The number of hydrogen-bond acceptors (Lipinski definition) is 5. The van der Waals surface area contributed by atoms with Crippen molar-refractivity contribution in [3.05, 3.63) is 0 Å². The highest BCUT2D eigenvalue weighted by Crippen LogP contribution is 2.36. The normalized spacial score (nSPS) is 25.9. The van der Waals surface area contributed by atoms with Crippen molar-refractivity contribution in [2.75, 3.05) is 12.4 Å². The lowest BCUT2D eigenvalue weighted by Crippen LogP contribution is -2.21. The minimum absolute atomic E-state index is 0.392. The summed E-state index contributed by atoms with van der Waals surface area (Å²) in [7, 11) is 0. The lowest BCUT2D eigenvalue weighted by atomic mass is 10.1. The average Bonchev–Trinajstić information content (AvgIpc) is 3.07. The van der Waals surface area contributed by atoms with E-state index in [1.54, 1.807) is 11.8 Å². The zero-order valence-corrected chi connectivity index (χ0v) is 10.0. The van der Waals surface area contributed by atoms with Crippen LogP contribution in [0.4, 0.5) is 0 Å².